The van der Waals surface area contributed by atoms with Gasteiger partial charge in [0.1, 0.15) is 6.04 Å². The third-order valence-corrected chi connectivity index (χ3v) is 6.40. The van der Waals surface area contributed by atoms with Gasteiger partial charge in [-0.3, -0.25) is 9.69 Å². The Kier molecular flexibility index (Phi) is 5.60. The number of carboxylic acid groups (broad SMARTS) is 1. The number of carbonyl (C=O) groups is 1. The van der Waals surface area contributed by atoms with Crippen LogP contribution in [0.2, 0.25) is 5.02 Å². The molecule has 0 saturated carbocycles. The highest BCUT2D eigenvalue weighted by Crippen LogP contribution is 2.38. The topological polar surface area (TPSA) is 59.6 Å². The second-order valence-corrected chi connectivity index (χ2v) is 8.51. The number of rotatable bonds is 5. The Balaban J connectivity index is 1.51. The van der Waals surface area contributed by atoms with Gasteiger partial charge in [0.15, 0.2) is 0 Å². The summed E-state index contributed by atoms with van der Waals surface area (Å²) in [6, 6.07) is 25.0. The monoisotopic (exact) mass is 445 g/mol. The number of anilines is 1. The van der Waals surface area contributed by atoms with Crippen LogP contribution in [-0.2, 0) is 4.79 Å². The van der Waals surface area contributed by atoms with Crippen molar-refractivity contribution in [2.75, 3.05) is 31.1 Å². The van der Waals surface area contributed by atoms with Crippen molar-refractivity contribution in [3.63, 3.8) is 0 Å². The van der Waals surface area contributed by atoms with E-state index in [4.69, 9.17) is 11.6 Å². The maximum Gasteiger partial charge on any atom is 0.325 e. The molecule has 0 radical (unpaired) electrons. The number of nitrogens with zero attached hydrogens (tertiary/aromatic N) is 2. The van der Waals surface area contributed by atoms with Crippen molar-refractivity contribution >= 4 is 34.2 Å². The minimum atomic E-state index is -0.830. The summed E-state index contributed by atoms with van der Waals surface area (Å²) in [7, 11) is 0. The lowest BCUT2D eigenvalue weighted by Gasteiger charge is -2.39. The number of aromatic amines is 1. The molecule has 0 spiro atoms. The van der Waals surface area contributed by atoms with Crippen molar-refractivity contribution in [1.82, 2.24) is 9.88 Å². The average Bonchev–Trinajstić information content (AvgIpc) is 3.19. The third kappa shape index (κ3) is 3.85. The first-order valence-corrected chi connectivity index (χ1v) is 11.1. The van der Waals surface area contributed by atoms with Crippen LogP contribution in [0.5, 0.6) is 0 Å². The van der Waals surface area contributed by atoms with Crippen LogP contribution in [0.15, 0.2) is 78.9 Å². The van der Waals surface area contributed by atoms with E-state index in [1.54, 1.807) is 0 Å². The highest BCUT2D eigenvalue weighted by Gasteiger charge is 2.34. The van der Waals surface area contributed by atoms with E-state index in [-0.39, 0.29) is 0 Å². The first-order valence-electron chi connectivity index (χ1n) is 10.8. The Labute approximate surface area is 191 Å². The smallest absolute Gasteiger partial charge is 0.325 e. The number of aromatic nitrogens is 1. The van der Waals surface area contributed by atoms with Gasteiger partial charge in [-0.05, 0) is 29.8 Å². The molecule has 2 heterocycles. The van der Waals surface area contributed by atoms with E-state index in [1.165, 1.54) is 0 Å². The number of benzene rings is 3. The molecule has 1 aliphatic heterocycles. The maximum atomic E-state index is 12.6. The second-order valence-electron chi connectivity index (χ2n) is 8.07. The molecule has 1 saturated heterocycles. The zero-order chi connectivity index (χ0) is 22.1. The first-order chi connectivity index (χ1) is 15.6. The van der Waals surface area contributed by atoms with Gasteiger partial charge in [0, 0.05) is 53.4 Å². The van der Waals surface area contributed by atoms with Gasteiger partial charge >= 0.3 is 5.97 Å². The predicted molar refractivity (Wildman–Crippen MR) is 129 cm³/mol. The molecule has 4 aromatic rings. The average molecular weight is 446 g/mol. The number of H-pyrrole nitrogens is 1. The fourth-order valence-corrected chi connectivity index (χ4v) is 4.84. The van der Waals surface area contributed by atoms with Gasteiger partial charge in [-0.2, -0.15) is 0 Å². The minimum Gasteiger partial charge on any atom is -0.480 e. The molecule has 1 fully saturated rings. The number of nitrogens with one attached hydrogen (secondary N) is 1. The van der Waals surface area contributed by atoms with Crippen LogP contribution in [0.4, 0.5) is 5.69 Å². The van der Waals surface area contributed by atoms with Crippen LogP contribution in [0.25, 0.3) is 22.2 Å². The quantitative estimate of drug-likeness (QED) is 0.429. The van der Waals surface area contributed by atoms with E-state index in [2.05, 4.69) is 14.8 Å². The van der Waals surface area contributed by atoms with Crippen LogP contribution in [-0.4, -0.2) is 47.1 Å². The van der Waals surface area contributed by atoms with E-state index in [0.29, 0.717) is 18.1 Å². The number of halogens is 1. The highest BCUT2D eigenvalue weighted by molar-refractivity contribution is 6.30. The van der Waals surface area contributed by atoms with Crippen LogP contribution in [0.3, 0.4) is 0 Å². The molecule has 0 unspecified atom stereocenters. The van der Waals surface area contributed by atoms with Gasteiger partial charge in [-0.1, -0.05) is 66.2 Å². The number of hydrogen-bond donors (Lipinski definition) is 2. The number of carboxylic acids is 1. The lowest BCUT2D eigenvalue weighted by molar-refractivity contribution is -0.143. The maximum absolute atomic E-state index is 12.6. The Hall–Kier alpha value is -3.28. The fourth-order valence-electron chi connectivity index (χ4n) is 4.65. The molecule has 1 aliphatic rings. The molecule has 5 nitrogen and oxygen atoms in total. The number of fused-ring (bicyclic) bond motifs is 1. The summed E-state index contributed by atoms with van der Waals surface area (Å²) >= 11 is 6.17. The van der Waals surface area contributed by atoms with Crippen LogP contribution >= 0.6 is 11.6 Å². The molecule has 0 aliphatic carbocycles. The molecular weight excluding hydrogens is 422 g/mol. The van der Waals surface area contributed by atoms with Crippen molar-refractivity contribution in [1.29, 1.82) is 0 Å². The van der Waals surface area contributed by atoms with Crippen LogP contribution < -0.4 is 4.90 Å². The number of aliphatic carboxylic acids is 1. The zero-order valence-electron chi connectivity index (χ0n) is 17.5. The van der Waals surface area contributed by atoms with Crippen LogP contribution in [0.1, 0.15) is 11.6 Å². The molecule has 1 atom stereocenters. The molecule has 6 heteroatoms. The Bertz CT molecular complexity index is 1250. The second kappa shape index (κ2) is 8.69. The van der Waals surface area contributed by atoms with E-state index in [9.17, 15) is 9.90 Å². The third-order valence-electron chi connectivity index (χ3n) is 6.17. The Morgan fingerprint density at radius 1 is 0.906 bits per heavy atom. The predicted octanol–water partition coefficient (Wildman–Crippen LogP) is 5.44. The van der Waals surface area contributed by atoms with Crippen LogP contribution in [0, 0.1) is 0 Å². The molecule has 0 bridgehead atoms. The van der Waals surface area contributed by atoms with E-state index >= 15 is 0 Å². The normalized spacial score (nSPS) is 15.7. The summed E-state index contributed by atoms with van der Waals surface area (Å²) in [5, 5.41) is 12.0. The summed E-state index contributed by atoms with van der Waals surface area (Å²) < 4.78 is 0. The summed E-state index contributed by atoms with van der Waals surface area (Å²) in [6.45, 7) is 2.79. The van der Waals surface area contributed by atoms with Crippen molar-refractivity contribution in [2.45, 2.75) is 6.04 Å². The van der Waals surface area contributed by atoms with Gasteiger partial charge in [-0.25, -0.2) is 0 Å². The lowest BCUT2D eigenvalue weighted by atomic mass is 9.97. The standard InChI is InChI=1S/C26H24ClN3O2/c27-19-9-6-10-20(17-19)29-13-15-30(16-14-29)25(26(31)32)23-21-11-4-5-12-22(21)28-24(23)18-7-2-1-3-8-18/h1-12,17,25,28H,13-16H2,(H,31,32)/t25-/m0/s1. The molecule has 2 N–H and O–H groups in total. The van der Waals surface area contributed by atoms with E-state index in [1.807, 2.05) is 78.9 Å². The number of hydrogen-bond acceptors (Lipinski definition) is 3. The zero-order valence-corrected chi connectivity index (χ0v) is 18.3. The van der Waals surface area contributed by atoms with E-state index < -0.39 is 12.0 Å². The summed E-state index contributed by atoms with van der Waals surface area (Å²) in [6.07, 6.45) is 0. The summed E-state index contributed by atoms with van der Waals surface area (Å²) in [4.78, 5) is 20.4. The molecule has 5 rings (SSSR count). The number of para-hydroxylation sites is 1. The highest BCUT2D eigenvalue weighted by atomic mass is 35.5. The van der Waals surface area contributed by atoms with E-state index in [0.717, 1.165) is 46.5 Å². The Morgan fingerprint density at radius 3 is 2.34 bits per heavy atom. The van der Waals surface area contributed by atoms with Crippen molar-refractivity contribution in [2.24, 2.45) is 0 Å². The first kappa shape index (κ1) is 20.6. The van der Waals surface area contributed by atoms with Gasteiger partial charge in [0.25, 0.3) is 0 Å². The largest absolute Gasteiger partial charge is 0.480 e. The Morgan fingerprint density at radius 2 is 1.62 bits per heavy atom. The summed E-state index contributed by atoms with van der Waals surface area (Å²) in [5.74, 6) is -0.830. The molecule has 1 aromatic heterocycles. The molecule has 3 aromatic carbocycles. The minimum absolute atomic E-state index is 0.650. The van der Waals surface area contributed by atoms with Crippen molar-refractivity contribution in [3.8, 4) is 11.3 Å². The van der Waals surface area contributed by atoms with Gasteiger partial charge < -0.3 is 15.0 Å². The van der Waals surface area contributed by atoms with Gasteiger partial charge in [0.05, 0.1) is 5.69 Å². The molecule has 162 valence electrons. The van der Waals surface area contributed by atoms with Crippen molar-refractivity contribution < 1.29 is 9.90 Å². The molecule has 32 heavy (non-hydrogen) atoms. The van der Waals surface area contributed by atoms with Gasteiger partial charge in [-0.15, -0.1) is 0 Å². The SMILES string of the molecule is O=C(O)[C@H](c1c(-c2ccccc2)[nH]c2ccccc12)N1CCN(c2cccc(Cl)c2)CC1. The molecular formula is C26H24ClN3O2. The summed E-state index contributed by atoms with van der Waals surface area (Å²) in [5.41, 5.74) is 4.71. The fraction of sp³-hybridized carbons (Fsp3) is 0.192. The van der Waals surface area contributed by atoms with Crippen molar-refractivity contribution in [3.05, 3.63) is 89.4 Å². The molecule has 0 amide bonds. The van der Waals surface area contributed by atoms with Gasteiger partial charge in [0.2, 0.25) is 0 Å². The number of piperazine rings is 1. The lowest BCUT2D eigenvalue weighted by Crippen LogP contribution is -2.49.